The summed E-state index contributed by atoms with van der Waals surface area (Å²) in [5.74, 6) is 0.761. The molecule has 2 amide bonds. The van der Waals surface area contributed by atoms with E-state index in [0.717, 1.165) is 25.3 Å². The van der Waals surface area contributed by atoms with Crippen LogP contribution in [-0.2, 0) is 16.1 Å². The summed E-state index contributed by atoms with van der Waals surface area (Å²) in [6.07, 6.45) is 7.75. The molecule has 0 spiro atoms. The van der Waals surface area contributed by atoms with Crippen molar-refractivity contribution >= 4 is 11.8 Å². The van der Waals surface area contributed by atoms with E-state index in [1.165, 1.54) is 12.5 Å². The molecule has 2 N–H and O–H groups in total. The number of aromatic nitrogens is 2. The van der Waals surface area contributed by atoms with Crippen molar-refractivity contribution in [1.29, 1.82) is 0 Å². The molecular weight excluding hydrogens is 382 g/mol. The molecule has 2 aromatic rings. The number of ether oxygens (including phenoxy) is 1. The second kappa shape index (κ2) is 11.3. The quantitative estimate of drug-likeness (QED) is 0.603. The van der Waals surface area contributed by atoms with E-state index in [9.17, 15) is 9.59 Å². The summed E-state index contributed by atoms with van der Waals surface area (Å²) in [6.45, 7) is 5.18. The van der Waals surface area contributed by atoms with E-state index in [-0.39, 0.29) is 23.7 Å². The lowest BCUT2D eigenvalue weighted by Crippen LogP contribution is -2.48. The molecule has 1 fully saturated rings. The molecular formula is C22H29N5O3. The van der Waals surface area contributed by atoms with Gasteiger partial charge in [-0.2, -0.15) is 0 Å². The van der Waals surface area contributed by atoms with Gasteiger partial charge in [-0.3, -0.25) is 24.5 Å². The number of piperidine rings is 1. The predicted molar refractivity (Wildman–Crippen MR) is 113 cm³/mol. The number of rotatable bonds is 9. The topological polar surface area (TPSA) is 96.5 Å². The maximum atomic E-state index is 12.7. The highest BCUT2D eigenvalue weighted by molar-refractivity contribution is 5.79. The van der Waals surface area contributed by atoms with Crippen LogP contribution >= 0.6 is 0 Å². The summed E-state index contributed by atoms with van der Waals surface area (Å²) in [5.41, 5.74) is 1.17. The number of nitrogens with one attached hydrogen (secondary N) is 2. The number of nitrogens with zero attached hydrogens (tertiary/aromatic N) is 3. The highest BCUT2D eigenvalue weighted by Gasteiger charge is 2.32. The van der Waals surface area contributed by atoms with Crippen molar-refractivity contribution in [3.63, 3.8) is 0 Å². The van der Waals surface area contributed by atoms with E-state index >= 15 is 0 Å². The van der Waals surface area contributed by atoms with Gasteiger partial charge in [0.25, 0.3) is 0 Å². The number of carbonyl (C=O) groups excluding carboxylic acids is 2. The zero-order chi connectivity index (χ0) is 21.2. The molecule has 8 heteroatoms. The zero-order valence-corrected chi connectivity index (χ0v) is 17.3. The van der Waals surface area contributed by atoms with Crippen molar-refractivity contribution in [2.45, 2.75) is 19.9 Å². The van der Waals surface area contributed by atoms with Crippen molar-refractivity contribution in [1.82, 2.24) is 25.5 Å². The van der Waals surface area contributed by atoms with Crippen LogP contribution < -0.4 is 15.4 Å². The van der Waals surface area contributed by atoms with Gasteiger partial charge < -0.3 is 15.4 Å². The molecule has 3 rings (SSSR count). The van der Waals surface area contributed by atoms with Crippen LogP contribution in [0.15, 0.2) is 49.1 Å². The van der Waals surface area contributed by atoms with Crippen molar-refractivity contribution in [2.75, 3.05) is 32.8 Å². The molecule has 0 aromatic carbocycles. The fourth-order valence-electron chi connectivity index (χ4n) is 3.70. The highest BCUT2D eigenvalue weighted by atomic mass is 16.5. The smallest absolute Gasteiger partial charge is 0.224 e. The maximum Gasteiger partial charge on any atom is 0.224 e. The number of pyridine rings is 2. The summed E-state index contributed by atoms with van der Waals surface area (Å²) in [7, 11) is 0. The average molecular weight is 412 g/mol. The summed E-state index contributed by atoms with van der Waals surface area (Å²) in [5, 5.41) is 5.64. The molecule has 0 bridgehead atoms. The number of amides is 2. The molecule has 3 heterocycles. The molecule has 0 saturated carbocycles. The van der Waals surface area contributed by atoms with Gasteiger partial charge in [0.05, 0.1) is 18.7 Å². The van der Waals surface area contributed by atoms with E-state index in [2.05, 4.69) is 25.5 Å². The lowest BCUT2D eigenvalue weighted by atomic mass is 9.88. The van der Waals surface area contributed by atoms with Gasteiger partial charge in [0, 0.05) is 64.2 Å². The Morgan fingerprint density at radius 1 is 1.10 bits per heavy atom. The molecule has 1 aliphatic rings. The fraction of sp³-hybridized carbons (Fsp3) is 0.455. The Morgan fingerprint density at radius 3 is 2.63 bits per heavy atom. The summed E-state index contributed by atoms with van der Waals surface area (Å²) in [6, 6.07) is 7.73. The van der Waals surface area contributed by atoms with Crippen LogP contribution in [0.1, 0.15) is 18.9 Å². The molecule has 0 aliphatic carbocycles. The number of likely N-dealkylation sites (tertiary alicyclic amines) is 1. The number of hydrogen-bond donors (Lipinski definition) is 2. The monoisotopic (exact) mass is 411 g/mol. The molecule has 1 aliphatic heterocycles. The minimum absolute atomic E-state index is 0.0196. The van der Waals surface area contributed by atoms with Gasteiger partial charge in [-0.25, -0.2) is 0 Å². The van der Waals surface area contributed by atoms with Crippen molar-refractivity contribution in [2.24, 2.45) is 11.8 Å². The van der Waals surface area contributed by atoms with Crippen LogP contribution in [0, 0.1) is 11.8 Å². The third-order valence-electron chi connectivity index (χ3n) is 5.06. The third-order valence-corrected chi connectivity index (χ3v) is 5.06. The molecule has 2 aromatic heterocycles. The number of carbonyl (C=O) groups is 2. The van der Waals surface area contributed by atoms with Gasteiger partial charge in [-0.15, -0.1) is 0 Å². The minimum atomic E-state index is -0.125. The lowest BCUT2D eigenvalue weighted by Gasteiger charge is -2.37. The number of hydrogen-bond acceptors (Lipinski definition) is 6. The molecule has 30 heavy (non-hydrogen) atoms. The summed E-state index contributed by atoms with van der Waals surface area (Å²) < 4.78 is 5.92. The van der Waals surface area contributed by atoms with Crippen molar-refractivity contribution < 1.29 is 14.3 Å². The predicted octanol–water partition coefficient (Wildman–Crippen LogP) is 1.25. The molecule has 160 valence electrons. The van der Waals surface area contributed by atoms with Crippen molar-refractivity contribution in [3.8, 4) is 5.75 Å². The first-order chi connectivity index (χ1) is 14.6. The van der Waals surface area contributed by atoms with E-state index in [4.69, 9.17) is 4.74 Å². The average Bonchev–Trinajstić information content (AvgIpc) is 2.76. The maximum absolute atomic E-state index is 12.7. The molecule has 0 radical (unpaired) electrons. The van der Waals surface area contributed by atoms with Crippen LogP contribution in [0.5, 0.6) is 5.75 Å². The second-order valence-corrected chi connectivity index (χ2v) is 7.62. The second-order valence-electron chi connectivity index (χ2n) is 7.62. The van der Waals surface area contributed by atoms with E-state index < -0.39 is 0 Å². The van der Waals surface area contributed by atoms with Gasteiger partial charge in [0.15, 0.2) is 0 Å². The first-order valence-electron chi connectivity index (χ1n) is 10.3. The SMILES string of the molecule is CC(=O)NCCNC(=O)[C@@H]1C[C@H](COc2cccnc2)CN(Cc2ccncc2)C1. The van der Waals surface area contributed by atoms with Gasteiger partial charge in [0.2, 0.25) is 11.8 Å². The molecule has 0 unspecified atom stereocenters. The van der Waals surface area contributed by atoms with Crippen LogP contribution in [-0.4, -0.2) is 59.5 Å². The fourth-order valence-corrected chi connectivity index (χ4v) is 3.70. The molecule has 2 atom stereocenters. The Kier molecular flexibility index (Phi) is 8.14. The summed E-state index contributed by atoms with van der Waals surface area (Å²) >= 11 is 0. The normalized spacial score (nSPS) is 19.1. The Morgan fingerprint density at radius 2 is 1.90 bits per heavy atom. The lowest BCUT2D eigenvalue weighted by molar-refractivity contribution is -0.128. The Hall–Kier alpha value is -3.00. The Balaban J connectivity index is 1.59. The van der Waals surface area contributed by atoms with Crippen LogP contribution in [0.4, 0.5) is 0 Å². The van der Waals surface area contributed by atoms with Crippen LogP contribution in [0.2, 0.25) is 0 Å². The standard InChI is InChI=1S/C22H29N5O3/c1-17(28)25-9-10-26-22(29)20-11-19(16-30-21-3-2-6-24-12-21)14-27(15-20)13-18-4-7-23-8-5-18/h2-8,12,19-20H,9-11,13-16H2,1H3,(H,25,28)(H,26,29)/t19-,20+/m0/s1. The first-order valence-corrected chi connectivity index (χ1v) is 10.3. The van der Waals surface area contributed by atoms with Crippen LogP contribution in [0.3, 0.4) is 0 Å². The van der Waals surface area contributed by atoms with E-state index in [1.54, 1.807) is 24.8 Å². The first kappa shape index (κ1) is 21.7. The minimum Gasteiger partial charge on any atom is -0.492 e. The van der Waals surface area contributed by atoms with E-state index in [0.29, 0.717) is 26.2 Å². The highest BCUT2D eigenvalue weighted by Crippen LogP contribution is 2.24. The summed E-state index contributed by atoms with van der Waals surface area (Å²) in [4.78, 5) is 34.2. The largest absolute Gasteiger partial charge is 0.492 e. The van der Waals surface area contributed by atoms with Gasteiger partial charge in [-0.05, 0) is 36.2 Å². The van der Waals surface area contributed by atoms with Gasteiger partial charge in [0.1, 0.15) is 5.75 Å². The van der Waals surface area contributed by atoms with Gasteiger partial charge >= 0.3 is 0 Å². The van der Waals surface area contributed by atoms with Gasteiger partial charge in [-0.1, -0.05) is 0 Å². The third kappa shape index (κ3) is 7.11. The van der Waals surface area contributed by atoms with Crippen molar-refractivity contribution in [3.05, 3.63) is 54.6 Å². The molecule has 8 nitrogen and oxygen atoms in total. The molecule has 1 saturated heterocycles. The zero-order valence-electron chi connectivity index (χ0n) is 17.3. The van der Waals surface area contributed by atoms with E-state index in [1.807, 2.05) is 24.3 Å². The Bertz CT molecular complexity index is 803. The van der Waals surface area contributed by atoms with Crippen LogP contribution in [0.25, 0.3) is 0 Å². The Labute approximate surface area is 177 Å².